The van der Waals surface area contributed by atoms with E-state index in [-0.39, 0.29) is 17.8 Å². The highest BCUT2D eigenvalue weighted by atomic mass is 32.2. The summed E-state index contributed by atoms with van der Waals surface area (Å²) >= 11 is 1.64. The van der Waals surface area contributed by atoms with E-state index in [4.69, 9.17) is 9.15 Å². The largest absolute Gasteiger partial charge is 0.469 e. The number of likely N-dealkylation sites (tertiary alicyclic amines) is 1. The van der Waals surface area contributed by atoms with Crippen molar-refractivity contribution in [2.75, 3.05) is 26.5 Å². The molecule has 1 aromatic heterocycles. The van der Waals surface area contributed by atoms with E-state index in [1.54, 1.807) is 22.7 Å². The van der Waals surface area contributed by atoms with E-state index in [0.29, 0.717) is 25.3 Å². The number of methoxy groups -OCH3 is 1. The van der Waals surface area contributed by atoms with Gasteiger partial charge in [0.15, 0.2) is 5.76 Å². The first-order valence-electron chi connectivity index (χ1n) is 6.10. The van der Waals surface area contributed by atoms with Crippen LogP contribution in [0.25, 0.3) is 0 Å². The molecule has 1 saturated heterocycles. The number of hydrogen-bond donors (Lipinski definition) is 0. The molecule has 0 radical (unpaired) electrons. The molecule has 0 aliphatic carbocycles. The number of nitrogens with zero attached hydrogens (tertiary/aromatic N) is 1. The maximum Gasteiger partial charge on any atom is 0.310 e. The topological polar surface area (TPSA) is 59.8 Å². The highest BCUT2D eigenvalue weighted by molar-refractivity contribution is 7.97. The van der Waals surface area contributed by atoms with Crippen molar-refractivity contribution in [2.45, 2.75) is 12.2 Å². The summed E-state index contributed by atoms with van der Waals surface area (Å²) in [6.07, 6.45) is 2.63. The van der Waals surface area contributed by atoms with Gasteiger partial charge < -0.3 is 14.1 Å². The van der Waals surface area contributed by atoms with Gasteiger partial charge in [0.1, 0.15) is 5.76 Å². The molecule has 1 aromatic rings. The monoisotopic (exact) mass is 283 g/mol. The second-order valence-corrected chi connectivity index (χ2v) is 5.32. The molecule has 1 aliphatic heterocycles. The van der Waals surface area contributed by atoms with Crippen LogP contribution >= 0.6 is 11.8 Å². The summed E-state index contributed by atoms with van der Waals surface area (Å²) in [4.78, 5) is 25.3. The lowest BCUT2D eigenvalue weighted by Gasteiger charge is -2.14. The molecular formula is C13H17NO4S. The van der Waals surface area contributed by atoms with Gasteiger partial charge in [-0.2, -0.15) is 11.8 Å². The lowest BCUT2D eigenvalue weighted by molar-refractivity contribution is -0.144. The first kappa shape index (κ1) is 14.0. The van der Waals surface area contributed by atoms with Crippen LogP contribution in [0.3, 0.4) is 0 Å². The minimum absolute atomic E-state index is 0.154. The predicted octanol–water partition coefficient (Wildman–Crippen LogP) is 1.78. The second kappa shape index (κ2) is 6.14. The number of furan rings is 1. The Labute approximate surface area is 116 Å². The molecule has 1 aliphatic rings. The number of ether oxygens (including phenoxy) is 1. The van der Waals surface area contributed by atoms with Crippen LogP contribution in [0.15, 0.2) is 16.5 Å². The number of carbonyl (C=O) groups is 2. The molecule has 104 valence electrons. The summed E-state index contributed by atoms with van der Waals surface area (Å²) in [5.74, 6) is 1.26. The molecule has 0 saturated carbocycles. The van der Waals surface area contributed by atoms with Crippen LogP contribution in [0, 0.1) is 5.92 Å². The molecule has 19 heavy (non-hydrogen) atoms. The van der Waals surface area contributed by atoms with E-state index in [2.05, 4.69) is 0 Å². The average molecular weight is 283 g/mol. The number of esters is 1. The maximum absolute atomic E-state index is 12.2. The van der Waals surface area contributed by atoms with Gasteiger partial charge in [0.25, 0.3) is 5.91 Å². The summed E-state index contributed by atoms with van der Waals surface area (Å²) in [5, 5.41) is 0. The van der Waals surface area contributed by atoms with Crippen LogP contribution in [0.1, 0.15) is 22.7 Å². The molecule has 0 N–H and O–H groups in total. The molecule has 6 heteroatoms. The molecule has 5 nitrogen and oxygen atoms in total. The number of rotatable bonds is 4. The lowest BCUT2D eigenvalue weighted by atomic mass is 10.1. The quantitative estimate of drug-likeness (QED) is 0.788. The lowest BCUT2D eigenvalue weighted by Crippen LogP contribution is -2.29. The van der Waals surface area contributed by atoms with E-state index in [1.165, 1.54) is 7.11 Å². The minimum atomic E-state index is -0.252. The Morgan fingerprint density at radius 2 is 2.32 bits per heavy atom. The standard InChI is InChI=1S/C13H17NO4S/c1-17-13(16)9-5-6-14(7-9)12(15)11-4-3-10(18-11)8-19-2/h3-4,9H,5-8H2,1-2H3. The van der Waals surface area contributed by atoms with E-state index in [1.807, 2.05) is 12.3 Å². The third-order valence-corrected chi connectivity index (χ3v) is 3.74. The molecule has 2 heterocycles. The number of carbonyl (C=O) groups excluding carboxylic acids is 2. The van der Waals surface area contributed by atoms with E-state index in [0.717, 1.165) is 11.5 Å². The summed E-state index contributed by atoms with van der Waals surface area (Å²) in [5.41, 5.74) is 0. The van der Waals surface area contributed by atoms with Gasteiger partial charge in [-0.15, -0.1) is 0 Å². The Kier molecular flexibility index (Phi) is 4.52. The van der Waals surface area contributed by atoms with Crippen LogP contribution < -0.4 is 0 Å². The summed E-state index contributed by atoms with van der Waals surface area (Å²) in [6.45, 7) is 0.973. The molecule has 0 aromatic carbocycles. The highest BCUT2D eigenvalue weighted by Gasteiger charge is 2.33. The number of hydrogen-bond acceptors (Lipinski definition) is 5. The van der Waals surface area contributed by atoms with E-state index < -0.39 is 0 Å². The van der Waals surface area contributed by atoms with Crippen LogP contribution in [-0.4, -0.2) is 43.2 Å². The fourth-order valence-corrected chi connectivity index (χ4v) is 2.61. The van der Waals surface area contributed by atoms with Gasteiger partial charge in [0, 0.05) is 13.1 Å². The smallest absolute Gasteiger partial charge is 0.310 e. The van der Waals surface area contributed by atoms with Gasteiger partial charge in [0.05, 0.1) is 18.8 Å². The first-order valence-corrected chi connectivity index (χ1v) is 7.50. The fourth-order valence-electron chi connectivity index (χ4n) is 2.17. The fraction of sp³-hybridized carbons (Fsp3) is 0.538. The van der Waals surface area contributed by atoms with Crippen molar-refractivity contribution in [2.24, 2.45) is 5.92 Å². The van der Waals surface area contributed by atoms with Gasteiger partial charge in [0.2, 0.25) is 0 Å². The SMILES string of the molecule is COC(=O)C1CCN(C(=O)c2ccc(CSC)o2)C1. The molecular weight excluding hydrogens is 266 g/mol. The average Bonchev–Trinajstić information content (AvgIpc) is 3.06. The van der Waals surface area contributed by atoms with Crippen LogP contribution in [-0.2, 0) is 15.3 Å². The maximum atomic E-state index is 12.2. The molecule has 1 fully saturated rings. The second-order valence-electron chi connectivity index (χ2n) is 4.46. The third-order valence-electron chi connectivity index (χ3n) is 3.17. The van der Waals surface area contributed by atoms with Gasteiger partial charge in [-0.3, -0.25) is 9.59 Å². The van der Waals surface area contributed by atoms with Crippen LogP contribution in [0.2, 0.25) is 0 Å². The van der Waals surface area contributed by atoms with Gasteiger partial charge in [-0.05, 0) is 24.8 Å². The summed E-state index contributed by atoms with van der Waals surface area (Å²) in [7, 11) is 1.37. The van der Waals surface area contributed by atoms with Crippen molar-refractivity contribution in [1.29, 1.82) is 0 Å². The predicted molar refractivity (Wildman–Crippen MR) is 72.0 cm³/mol. The molecule has 2 rings (SSSR count). The van der Waals surface area contributed by atoms with Crippen molar-refractivity contribution >= 4 is 23.6 Å². The third kappa shape index (κ3) is 3.12. The number of thioether (sulfide) groups is 1. The zero-order valence-corrected chi connectivity index (χ0v) is 11.9. The molecule has 1 unspecified atom stereocenters. The van der Waals surface area contributed by atoms with Crippen molar-refractivity contribution < 1.29 is 18.7 Å². The van der Waals surface area contributed by atoms with Gasteiger partial charge in [-0.1, -0.05) is 0 Å². The Morgan fingerprint density at radius 1 is 1.53 bits per heavy atom. The van der Waals surface area contributed by atoms with Crippen LogP contribution in [0.4, 0.5) is 0 Å². The molecule has 1 atom stereocenters. The highest BCUT2D eigenvalue weighted by Crippen LogP contribution is 2.21. The van der Waals surface area contributed by atoms with Crippen molar-refractivity contribution in [3.05, 3.63) is 23.7 Å². The molecule has 0 bridgehead atoms. The Bertz CT molecular complexity index is 471. The number of amides is 1. The summed E-state index contributed by atoms with van der Waals surface area (Å²) in [6, 6.07) is 3.51. The van der Waals surface area contributed by atoms with E-state index >= 15 is 0 Å². The zero-order valence-electron chi connectivity index (χ0n) is 11.0. The van der Waals surface area contributed by atoms with Gasteiger partial charge >= 0.3 is 5.97 Å². The van der Waals surface area contributed by atoms with Gasteiger partial charge in [-0.25, -0.2) is 0 Å². The Morgan fingerprint density at radius 3 is 3.00 bits per heavy atom. The van der Waals surface area contributed by atoms with Crippen molar-refractivity contribution in [3.8, 4) is 0 Å². The molecule has 0 spiro atoms. The minimum Gasteiger partial charge on any atom is -0.469 e. The summed E-state index contributed by atoms with van der Waals surface area (Å²) < 4.78 is 10.2. The Hall–Kier alpha value is -1.43. The van der Waals surface area contributed by atoms with E-state index in [9.17, 15) is 9.59 Å². The molecule has 1 amide bonds. The Balaban J connectivity index is 1.98. The normalized spacial score (nSPS) is 18.6. The zero-order chi connectivity index (χ0) is 13.8. The van der Waals surface area contributed by atoms with Crippen LogP contribution in [0.5, 0.6) is 0 Å². The van der Waals surface area contributed by atoms with Crippen molar-refractivity contribution in [1.82, 2.24) is 4.90 Å². The first-order chi connectivity index (χ1) is 9.15. The van der Waals surface area contributed by atoms with Crippen molar-refractivity contribution in [3.63, 3.8) is 0 Å².